The zero-order chi connectivity index (χ0) is 9.14. The Morgan fingerprint density at radius 1 is 1.58 bits per heavy atom. The number of urea groups is 1. The topological polar surface area (TPSA) is 72.2 Å². The van der Waals surface area contributed by atoms with Crippen LogP contribution < -0.4 is 11.1 Å². The Morgan fingerprint density at radius 3 is 2.67 bits per heavy atom. The Kier molecular flexibility index (Phi) is 2.67. The van der Waals surface area contributed by atoms with Crippen LogP contribution in [-0.4, -0.2) is 11.9 Å². The summed E-state index contributed by atoms with van der Waals surface area (Å²) in [7, 11) is 0. The van der Waals surface area contributed by atoms with E-state index in [-0.39, 0.29) is 0 Å². The first-order chi connectivity index (χ1) is 5.59. The highest BCUT2D eigenvalue weighted by molar-refractivity contribution is 7.14. The number of hydrogen-bond donors (Lipinski definition) is 2. The van der Waals surface area contributed by atoms with Gasteiger partial charge in [-0.3, -0.25) is 10.1 Å². The van der Waals surface area contributed by atoms with Crippen LogP contribution in [-0.2, 0) is 0 Å². The number of imide groups is 1. The zero-order valence-corrected chi connectivity index (χ0v) is 7.41. The van der Waals surface area contributed by atoms with Crippen molar-refractivity contribution in [1.29, 1.82) is 0 Å². The van der Waals surface area contributed by atoms with Gasteiger partial charge in [-0.1, -0.05) is 11.6 Å². The van der Waals surface area contributed by atoms with Crippen molar-refractivity contribution in [1.82, 2.24) is 5.32 Å². The van der Waals surface area contributed by atoms with E-state index in [2.05, 4.69) is 0 Å². The first-order valence-corrected chi connectivity index (χ1v) is 4.20. The Hall–Kier alpha value is -1.07. The lowest BCUT2D eigenvalue weighted by atomic mass is 10.3. The minimum atomic E-state index is -0.873. The second kappa shape index (κ2) is 3.55. The maximum Gasteiger partial charge on any atom is 0.319 e. The van der Waals surface area contributed by atoms with Crippen molar-refractivity contribution in [3.63, 3.8) is 0 Å². The maximum atomic E-state index is 11.0. The summed E-state index contributed by atoms with van der Waals surface area (Å²) < 4.78 is 0.490. The van der Waals surface area contributed by atoms with Crippen molar-refractivity contribution < 1.29 is 9.59 Å². The van der Waals surface area contributed by atoms with E-state index in [9.17, 15) is 9.59 Å². The van der Waals surface area contributed by atoms with Gasteiger partial charge in [0.1, 0.15) is 0 Å². The molecule has 0 saturated heterocycles. The molecule has 4 nitrogen and oxygen atoms in total. The van der Waals surface area contributed by atoms with E-state index < -0.39 is 11.9 Å². The minimum Gasteiger partial charge on any atom is -0.351 e. The van der Waals surface area contributed by atoms with Gasteiger partial charge in [-0.05, 0) is 6.07 Å². The van der Waals surface area contributed by atoms with Crippen LogP contribution in [0.3, 0.4) is 0 Å². The molecule has 1 aromatic heterocycles. The summed E-state index contributed by atoms with van der Waals surface area (Å²) in [5.41, 5.74) is 5.07. The van der Waals surface area contributed by atoms with E-state index >= 15 is 0 Å². The third-order valence-corrected chi connectivity index (χ3v) is 2.16. The quantitative estimate of drug-likeness (QED) is 0.722. The van der Waals surface area contributed by atoms with E-state index in [4.69, 9.17) is 17.3 Å². The largest absolute Gasteiger partial charge is 0.351 e. The number of halogens is 1. The lowest BCUT2D eigenvalue weighted by Crippen LogP contribution is -2.34. The number of rotatable bonds is 1. The van der Waals surface area contributed by atoms with E-state index in [0.717, 1.165) is 0 Å². The summed E-state index contributed by atoms with van der Waals surface area (Å²) in [4.78, 5) is 21.3. The summed E-state index contributed by atoms with van der Waals surface area (Å²) >= 11 is 6.78. The van der Waals surface area contributed by atoms with Crippen LogP contribution in [0.25, 0.3) is 0 Å². The predicted molar refractivity (Wildman–Crippen MR) is 46.4 cm³/mol. The molecule has 64 valence electrons. The van der Waals surface area contributed by atoms with Crippen LogP contribution in [0.4, 0.5) is 4.79 Å². The number of carbonyl (C=O) groups excluding carboxylic acids is 2. The third kappa shape index (κ3) is 2.21. The molecule has 0 saturated carbocycles. The van der Waals surface area contributed by atoms with Crippen molar-refractivity contribution in [2.24, 2.45) is 5.73 Å². The number of carbonyl (C=O) groups is 2. The van der Waals surface area contributed by atoms with Gasteiger partial charge in [0.05, 0.1) is 9.90 Å². The van der Waals surface area contributed by atoms with Gasteiger partial charge >= 0.3 is 6.03 Å². The van der Waals surface area contributed by atoms with Crippen molar-refractivity contribution in [2.75, 3.05) is 0 Å². The van der Waals surface area contributed by atoms with Gasteiger partial charge in [-0.2, -0.15) is 0 Å². The molecule has 0 atom stereocenters. The molecule has 6 heteroatoms. The molecule has 3 amide bonds. The van der Waals surface area contributed by atoms with E-state index in [1.165, 1.54) is 17.4 Å². The fraction of sp³-hybridized carbons (Fsp3) is 0. The zero-order valence-electron chi connectivity index (χ0n) is 5.83. The number of primary amides is 1. The molecule has 0 radical (unpaired) electrons. The standard InChI is InChI=1S/C6H5ClN2O2S/c7-4-1-3(2-12-4)5(10)9-6(8)11/h1-2H,(H3,8,9,10,11). The molecule has 0 aliphatic carbocycles. The van der Waals surface area contributed by atoms with E-state index in [0.29, 0.717) is 9.90 Å². The van der Waals surface area contributed by atoms with Gasteiger partial charge in [0.25, 0.3) is 5.91 Å². The maximum absolute atomic E-state index is 11.0. The number of hydrogen-bond acceptors (Lipinski definition) is 3. The lowest BCUT2D eigenvalue weighted by molar-refractivity contribution is 0.0966. The highest BCUT2D eigenvalue weighted by Gasteiger charge is 2.08. The van der Waals surface area contributed by atoms with Gasteiger partial charge in [-0.15, -0.1) is 11.3 Å². The van der Waals surface area contributed by atoms with Crippen LogP contribution in [0.15, 0.2) is 11.4 Å². The smallest absolute Gasteiger partial charge is 0.319 e. The van der Waals surface area contributed by atoms with Gasteiger partial charge in [0.15, 0.2) is 0 Å². The first kappa shape index (κ1) is 9.02. The molecule has 0 unspecified atom stereocenters. The molecule has 0 aromatic carbocycles. The minimum absolute atomic E-state index is 0.337. The molecule has 12 heavy (non-hydrogen) atoms. The van der Waals surface area contributed by atoms with E-state index in [1.807, 2.05) is 5.32 Å². The van der Waals surface area contributed by atoms with Crippen LogP contribution >= 0.6 is 22.9 Å². The number of nitrogens with one attached hydrogen (secondary N) is 1. The molecule has 1 aromatic rings. The summed E-state index contributed by atoms with van der Waals surface area (Å²) in [6.07, 6.45) is 0. The fourth-order valence-electron chi connectivity index (χ4n) is 0.613. The number of amides is 3. The Morgan fingerprint density at radius 2 is 2.25 bits per heavy atom. The monoisotopic (exact) mass is 204 g/mol. The predicted octanol–water partition coefficient (Wildman–Crippen LogP) is 1.21. The molecule has 1 rings (SSSR count). The first-order valence-electron chi connectivity index (χ1n) is 2.94. The average Bonchev–Trinajstić information content (AvgIpc) is 2.34. The SMILES string of the molecule is NC(=O)NC(=O)c1csc(Cl)c1. The van der Waals surface area contributed by atoms with Crippen molar-refractivity contribution in [3.05, 3.63) is 21.3 Å². The van der Waals surface area contributed by atoms with Crippen LogP contribution in [0.5, 0.6) is 0 Å². The highest BCUT2D eigenvalue weighted by Crippen LogP contribution is 2.19. The van der Waals surface area contributed by atoms with Crippen molar-refractivity contribution in [3.8, 4) is 0 Å². The molecule has 0 fully saturated rings. The van der Waals surface area contributed by atoms with Gasteiger partial charge in [0.2, 0.25) is 0 Å². The fourth-order valence-corrected chi connectivity index (χ4v) is 1.47. The van der Waals surface area contributed by atoms with Gasteiger partial charge in [0, 0.05) is 5.38 Å². The van der Waals surface area contributed by atoms with Crippen LogP contribution in [0, 0.1) is 0 Å². The lowest BCUT2D eigenvalue weighted by Gasteiger charge is -1.95. The Labute approximate surface area is 77.3 Å². The molecular weight excluding hydrogens is 200 g/mol. The Bertz CT molecular complexity index is 323. The number of nitrogens with two attached hydrogens (primary N) is 1. The molecule has 0 aliphatic rings. The highest BCUT2D eigenvalue weighted by atomic mass is 35.5. The normalized spacial score (nSPS) is 9.42. The Balaban J connectivity index is 2.72. The van der Waals surface area contributed by atoms with E-state index in [1.54, 1.807) is 5.38 Å². The number of thiophene rings is 1. The molecule has 1 heterocycles. The molecular formula is C6H5ClN2O2S. The summed E-state index contributed by atoms with van der Waals surface area (Å²) in [6, 6.07) is 0.590. The molecule has 0 bridgehead atoms. The second-order valence-electron chi connectivity index (χ2n) is 1.96. The second-order valence-corrected chi connectivity index (χ2v) is 3.50. The molecule has 0 spiro atoms. The molecule has 3 N–H and O–H groups in total. The van der Waals surface area contributed by atoms with Crippen LogP contribution in [0.1, 0.15) is 10.4 Å². The molecule has 0 aliphatic heterocycles. The summed E-state index contributed by atoms with van der Waals surface area (Å²) in [5, 5.41) is 3.46. The van der Waals surface area contributed by atoms with Gasteiger partial charge in [-0.25, -0.2) is 4.79 Å². The van der Waals surface area contributed by atoms with Crippen LogP contribution in [0.2, 0.25) is 4.34 Å². The van der Waals surface area contributed by atoms with Gasteiger partial charge < -0.3 is 5.73 Å². The van der Waals surface area contributed by atoms with Crippen molar-refractivity contribution >= 4 is 34.9 Å². The third-order valence-electron chi connectivity index (χ3n) is 1.07. The average molecular weight is 205 g/mol. The summed E-state index contributed by atoms with van der Waals surface area (Å²) in [5.74, 6) is -0.536. The van der Waals surface area contributed by atoms with Crippen molar-refractivity contribution in [2.45, 2.75) is 0 Å². The summed E-state index contributed by atoms with van der Waals surface area (Å²) in [6.45, 7) is 0.